The largest absolute Gasteiger partial charge is 0.445 e. The molecule has 0 aromatic heterocycles. The van der Waals surface area contributed by atoms with Gasteiger partial charge < -0.3 is 15.0 Å². The molecular formula is C20H32N2O2. The maximum atomic E-state index is 12.1. The molecule has 1 amide bonds. The number of benzene rings is 1. The van der Waals surface area contributed by atoms with Crippen LogP contribution in [0.15, 0.2) is 30.3 Å². The molecule has 0 aliphatic carbocycles. The minimum absolute atomic E-state index is 0.204. The second kappa shape index (κ2) is 10.3. The zero-order chi connectivity index (χ0) is 17.2. The fraction of sp³-hybridized carbons (Fsp3) is 0.650. The molecule has 1 aliphatic heterocycles. The van der Waals surface area contributed by atoms with Crippen LogP contribution in [0.5, 0.6) is 0 Å². The zero-order valence-corrected chi connectivity index (χ0v) is 15.2. The Balaban J connectivity index is 1.80. The monoisotopic (exact) mass is 332 g/mol. The fourth-order valence-electron chi connectivity index (χ4n) is 3.52. The number of hydrogen-bond acceptors (Lipinski definition) is 3. The van der Waals surface area contributed by atoms with Gasteiger partial charge in [-0.2, -0.15) is 0 Å². The van der Waals surface area contributed by atoms with E-state index < -0.39 is 0 Å². The Morgan fingerprint density at radius 2 is 2.00 bits per heavy atom. The number of nitrogens with one attached hydrogen (secondary N) is 1. The number of piperidine rings is 1. The summed E-state index contributed by atoms with van der Waals surface area (Å²) in [4.78, 5) is 14.6. The molecule has 1 fully saturated rings. The van der Waals surface area contributed by atoms with E-state index in [1.165, 1.54) is 32.2 Å². The number of carbonyl (C=O) groups is 1. The second-order valence-corrected chi connectivity index (χ2v) is 6.91. The van der Waals surface area contributed by atoms with Gasteiger partial charge in [-0.1, -0.05) is 57.0 Å². The first kappa shape index (κ1) is 18.8. The van der Waals surface area contributed by atoms with Gasteiger partial charge in [0.2, 0.25) is 0 Å². The number of likely N-dealkylation sites (tertiary alicyclic amines) is 1. The molecule has 1 saturated heterocycles. The van der Waals surface area contributed by atoms with Crippen molar-refractivity contribution in [3.8, 4) is 0 Å². The van der Waals surface area contributed by atoms with Gasteiger partial charge in [0, 0.05) is 19.1 Å². The summed E-state index contributed by atoms with van der Waals surface area (Å²) >= 11 is 0. The highest BCUT2D eigenvalue weighted by Gasteiger charge is 2.27. The summed E-state index contributed by atoms with van der Waals surface area (Å²) in [7, 11) is 0. The smallest absolute Gasteiger partial charge is 0.407 e. The Morgan fingerprint density at radius 1 is 1.21 bits per heavy atom. The van der Waals surface area contributed by atoms with E-state index in [4.69, 9.17) is 4.74 Å². The van der Waals surface area contributed by atoms with E-state index in [1.54, 1.807) is 0 Å². The van der Waals surface area contributed by atoms with Crippen LogP contribution in [0.25, 0.3) is 0 Å². The van der Waals surface area contributed by atoms with Crippen LogP contribution < -0.4 is 5.32 Å². The molecule has 2 rings (SSSR count). The van der Waals surface area contributed by atoms with E-state index in [-0.39, 0.29) is 12.1 Å². The molecule has 0 radical (unpaired) electrons. The lowest BCUT2D eigenvalue weighted by molar-refractivity contribution is 0.107. The number of amides is 1. The van der Waals surface area contributed by atoms with Crippen molar-refractivity contribution in [3.05, 3.63) is 35.9 Å². The van der Waals surface area contributed by atoms with Crippen LogP contribution in [0.4, 0.5) is 4.79 Å². The number of nitrogens with zero attached hydrogens (tertiary/aromatic N) is 1. The molecule has 1 aromatic rings. The van der Waals surface area contributed by atoms with Crippen LogP contribution in [0.2, 0.25) is 0 Å². The number of alkyl carbamates (subject to hydrolysis) is 1. The third-order valence-electron chi connectivity index (χ3n) is 4.67. The van der Waals surface area contributed by atoms with Gasteiger partial charge in [-0.3, -0.25) is 0 Å². The van der Waals surface area contributed by atoms with Crippen LogP contribution in [0, 0.1) is 5.92 Å². The molecule has 1 heterocycles. The summed E-state index contributed by atoms with van der Waals surface area (Å²) in [5, 5.41) is 3.08. The Bertz CT molecular complexity index is 478. The Hall–Kier alpha value is -1.55. The molecule has 1 aliphatic rings. The van der Waals surface area contributed by atoms with Gasteiger partial charge in [0.1, 0.15) is 6.61 Å². The highest BCUT2D eigenvalue weighted by molar-refractivity contribution is 5.67. The van der Waals surface area contributed by atoms with Crippen molar-refractivity contribution >= 4 is 6.09 Å². The molecule has 2 unspecified atom stereocenters. The summed E-state index contributed by atoms with van der Waals surface area (Å²) in [6.07, 6.45) is 5.65. The lowest BCUT2D eigenvalue weighted by Crippen LogP contribution is -2.51. The van der Waals surface area contributed by atoms with Crippen molar-refractivity contribution in [3.63, 3.8) is 0 Å². The van der Waals surface area contributed by atoms with Crippen molar-refractivity contribution in [2.75, 3.05) is 19.6 Å². The molecule has 134 valence electrons. The van der Waals surface area contributed by atoms with Gasteiger partial charge in [0.15, 0.2) is 0 Å². The highest BCUT2D eigenvalue weighted by atomic mass is 16.5. The molecular weight excluding hydrogens is 300 g/mol. The first-order chi connectivity index (χ1) is 11.7. The van der Waals surface area contributed by atoms with E-state index in [1.807, 2.05) is 30.3 Å². The van der Waals surface area contributed by atoms with Gasteiger partial charge in [-0.05, 0) is 37.3 Å². The molecule has 0 saturated carbocycles. The van der Waals surface area contributed by atoms with E-state index in [2.05, 4.69) is 24.1 Å². The number of rotatable bonds is 8. The molecule has 2 atom stereocenters. The molecule has 4 nitrogen and oxygen atoms in total. The van der Waals surface area contributed by atoms with Crippen LogP contribution in [0.3, 0.4) is 0 Å². The first-order valence-electron chi connectivity index (χ1n) is 9.40. The van der Waals surface area contributed by atoms with Gasteiger partial charge in [0.05, 0.1) is 0 Å². The van der Waals surface area contributed by atoms with E-state index in [9.17, 15) is 4.79 Å². The van der Waals surface area contributed by atoms with E-state index in [0.29, 0.717) is 12.5 Å². The normalized spacial score (nSPS) is 21.4. The maximum absolute atomic E-state index is 12.1. The van der Waals surface area contributed by atoms with Gasteiger partial charge in [-0.15, -0.1) is 0 Å². The quantitative estimate of drug-likeness (QED) is 0.775. The lowest BCUT2D eigenvalue weighted by atomic mass is 9.90. The highest BCUT2D eigenvalue weighted by Crippen LogP contribution is 2.22. The van der Waals surface area contributed by atoms with Crippen LogP contribution >= 0.6 is 0 Å². The van der Waals surface area contributed by atoms with Crippen LogP contribution in [-0.4, -0.2) is 36.7 Å². The Kier molecular flexibility index (Phi) is 8.10. The Labute approximate surface area is 146 Å². The van der Waals surface area contributed by atoms with Crippen LogP contribution in [0.1, 0.15) is 51.5 Å². The summed E-state index contributed by atoms with van der Waals surface area (Å²) in [6, 6.07) is 10.0. The zero-order valence-electron chi connectivity index (χ0n) is 15.2. The predicted molar refractivity (Wildman–Crippen MR) is 97.9 cm³/mol. The number of hydrogen-bond donors (Lipinski definition) is 1. The van der Waals surface area contributed by atoms with Crippen molar-refractivity contribution in [1.82, 2.24) is 10.2 Å². The van der Waals surface area contributed by atoms with Gasteiger partial charge >= 0.3 is 6.09 Å². The summed E-state index contributed by atoms with van der Waals surface area (Å²) in [5.41, 5.74) is 1.02. The minimum atomic E-state index is -0.295. The topological polar surface area (TPSA) is 41.6 Å². The van der Waals surface area contributed by atoms with Gasteiger partial charge in [-0.25, -0.2) is 4.79 Å². The average Bonchev–Trinajstić information content (AvgIpc) is 2.59. The van der Waals surface area contributed by atoms with E-state index in [0.717, 1.165) is 25.1 Å². The molecule has 0 bridgehead atoms. The SMILES string of the molecule is CCCCN1CC(CCC)CC(NC(=O)OCc2ccccc2)C1. The van der Waals surface area contributed by atoms with Crippen molar-refractivity contribution < 1.29 is 9.53 Å². The third kappa shape index (κ3) is 6.52. The average molecular weight is 332 g/mol. The van der Waals surface area contributed by atoms with Crippen molar-refractivity contribution in [2.24, 2.45) is 5.92 Å². The maximum Gasteiger partial charge on any atom is 0.407 e. The molecule has 1 aromatic carbocycles. The number of unbranched alkanes of at least 4 members (excludes halogenated alkanes) is 1. The van der Waals surface area contributed by atoms with Gasteiger partial charge in [0.25, 0.3) is 0 Å². The second-order valence-electron chi connectivity index (χ2n) is 6.91. The molecule has 0 spiro atoms. The first-order valence-corrected chi connectivity index (χ1v) is 9.40. The van der Waals surface area contributed by atoms with Crippen molar-refractivity contribution in [2.45, 2.75) is 58.6 Å². The lowest BCUT2D eigenvalue weighted by Gasteiger charge is -2.38. The summed E-state index contributed by atoms with van der Waals surface area (Å²) in [5.74, 6) is 0.681. The molecule has 1 N–H and O–H groups in total. The van der Waals surface area contributed by atoms with Crippen molar-refractivity contribution in [1.29, 1.82) is 0 Å². The number of ether oxygens (including phenoxy) is 1. The predicted octanol–water partition coefficient (Wildman–Crippen LogP) is 4.20. The molecule has 4 heteroatoms. The van der Waals surface area contributed by atoms with Crippen LogP contribution in [-0.2, 0) is 11.3 Å². The summed E-state index contributed by atoms with van der Waals surface area (Å²) in [6.45, 7) is 8.04. The third-order valence-corrected chi connectivity index (χ3v) is 4.67. The standard InChI is InChI=1S/C20H32N2O2/c1-3-5-12-22-14-18(9-4-2)13-19(15-22)21-20(23)24-16-17-10-7-6-8-11-17/h6-8,10-11,18-19H,3-5,9,12-16H2,1-2H3,(H,21,23). The fourth-order valence-corrected chi connectivity index (χ4v) is 3.52. The molecule has 24 heavy (non-hydrogen) atoms. The number of carbonyl (C=O) groups excluding carboxylic acids is 1. The minimum Gasteiger partial charge on any atom is -0.445 e. The summed E-state index contributed by atoms with van der Waals surface area (Å²) < 4.78 is 5.37. The van der Waals surface area contributed by atoms with E-state index >= 15 is 0 Å². The Morgan fingerprint density at radius 3 is 2.71 bits per heavy atom.